The maximum atomic E-state index is 13.9. The maximum absolute atomic E-state index is 13.9. The maximum Gasteiger partial charge on any atom is 0.310 e. The Morgan fingerprint density at radius 2 is 2.07 bits per heavy atom. The van der Waals surface area contributed by atoms with Crippen molar-refractivity contribution in [3.8, 4) is 0 Å². The summed E-state index contributed by atoms with van der Waals surface area (Å²) in [4.78, 5) is 10.6. The Morgan fingerprint density at radius 1 is 1.50 bits per heavy atom. The first kappa shape index (κ1) is 9.46. The van der Waals surface area contributed by atoms with Crippen LogP contribution in [0.4, 0.5) is 4.39 Å². The summed E-state index contributed by atoms with van der Waals surface area (Å²) in [5.74, 6) is -1.98. The van der Waals surface area contributed by atoms with Crippen molar-refractivity contribution in [2.45, 2.75) is 12.1 Å². The third kappa shape index (κ3) is 1.38. The molecule has 1 aromatic rings. The molecule has 2 unspecified atom stereocenters. The SMILES string of the molecule is O=C(O)C1CC1(F)c1ccc(Cl)cc1. The van der Waals surface area contributed by atoms with E-state index in [9.17, 15) is 9.18 Å². The molecule has 2 nitrogen and oxygen atoms in total. The second kappa shape index (κ2) is 2.95. The lowest BCUT2D eigenvalue weighted by Crippen LogP contribution is -2.09. The third-order valence-electron chi connectivity index (χ3n) is 2.52. The molecule has 1 saturated carbocycles. The van der Waals surface area contributed by atoms with E-state index in [2.05, 4.69) is 0 Å². The molecular formula is C10H8ClFO2. The standard InChI is InChI=1S/C10H8ClFO2/c11-7-3-1-6(2-4-7)10(12)5-8(10)9(13)14/h1-4,8H,5H2,(H,13,14). The molecule has 1 aliphatic rings. The zero-order chi connectivity index (χ0) is 10.3. The predicted molar refractivity (Wildman–Crippen MR) is 50.0 cm³/mol. The van der Waals surface area contributed by atoms with Crippen LogP contribution in [0.1, 0.15) is 12.0 Å². The van der Waals surface area contributed by atoms with E-state index in [1.54, 1.807) is 12.1 Å². The molecule has 0 radical (unpaired) electrons. The largest absolute Gasteiger partial charge is 0.481 e. The van der Waals surface area contributed by atoms with E-state index < -0.39 is 17.6 Å². The first-order valence-corrected chi connectivity index (χ1v) is 4.59. The molecule has 2 rings (SSSR count). The van der Waals surface area contributed by atoms with E-state index in [0.717, 1.165) is 0 Å². The van der Waals surface area contributed by atoms with E-state index in [1.807, 2.05) is 0 Å². The zero-order valence-electron chi connectivity index (χ0n) is 7.21. The van der Waals surface area contributed by atoms with Gasteiger partial charge in [-0.15, -0.1) is 0 Å². The number of benzene rings is 1. The number of aliphatic carboxylic acids is 1. The highest BCUT2D eigenvalue weighted by molar-refractivity contribution is 6.30. The monoisotopic (exact) mass is 214 g/mol. The van der Waals surface area contributed by atoms with Crippen LogP contribution in [0.5, 0.6) is 0 Å². The van der Waals surface area contributed by atoms with Gasteiger partial charge in [0.2, 0.25) is 0 Å². The van der Waals surface area contributed by atoms with Crippen LogP contribution in [0.15, 0.2) is 24.3 Å². The quantitative estimate of drug-likeness (QED) is 0.822. The van der Waals surface area contributed by atoms with Crippen LogP contribution < -0.4 is 0 Å². The van der Waals surface area contributed by atoms with Gasteiger partial charge in [-0.1, -0.05) is 23.7 Å². The summed E-state index contributed by atoms with van der Waals surface area (Å²) in [6.45, 7) is 0. The Balaban J connectivity index is 2.25. The minimum atomic E-state index is -1.68. The van der Waals surface area contributed by atoms with Gasteiger partial charge in [-0.3, -0.25) is 4.79 Å². The minimum Gasteiger partial charge on any atom is -0.481 e. The molecule has 4 heteroatoms. The molecule has 14 heavy (non-hydrogen) atoms. The number of hydrogen-bond donors (Lipinski definition) is 1. The first-order chi connectivity index (χ1) is 6.54. The van der Waals surface area contributed by atoms with Gasteiger partial charge in [0.15, 0.2) is 0 Å². The fraction of sp³-hybridized carbons (Fsp3) is 0.300. The van der Waals surface area contributed by atoms with E-state index >= 15 is 0 Å². The first-order valence-electron chi connectivity index (χ1n) is 4.22. The molecule has 1 aliphatic carbocycles. The highest BCUT2D eigenvalue weighted by Crippen LogP contribution is 2.55. The average molecular weight is 215 g/mol. The minimum absolute atomic E-state index is 0.0595. The van der Waals surface area contributed by atoms with Crippen molar-refractivity contribution in [3.05, 3.63) is 34.9 Å². The van der Waals surface area contributed by atoms with Gasteiger partial charge >= 0.3 is 5.97 Å². The molecule has 2 atom stereocenters. The summed E-state index contributed by atoms with van der Waals surface area (Å²) < 4.78 is 13.9. The number of rotatable bonds is 2. The molecule has 1 fully saturated rings. The van der Waals surface area contributed by atoms with Crippen molar-refractivity contribution in [1.29, 1.82) is 0 Å². The van der Waals surface area contributed by atoms with Gasteiger partial charge in [-0.2, -0.15) is 0 Å². The molecule has 0 bridgehead atoms. The summed E-state index contributed by atoms with van der Waals surface area (Å²) in [5, 5.41) is 9.16. The normalized spacial score (nSPS) is 30.0. The fourth-order valence-corrected chi connectivity index (χ4v) is 1.69. The Morgan fingerprint density at radius 3 is 2.50 bits per heavy atom. The molecule has 1 aromatic carbocycles. The van der Waals surface area contributed by atoms with Gasteiger partial charge < -0.3 is 5.11 Å². The summed E-state index contributed by atoms with van der Waals surface area (Å²) in [6, 6.07) is 6.20. The van der Waals surface area contributed by atoms with Crippen LogP contribution in [-0.2, 0) is 10.5 Å². The lowest BCUT2D eigenvalue weighted by atomic mass is 10.1. The molecular weight excluding hydrogens is 207 g/mol. The second-order valence-corrected chi connectivity index (χ2v) is 3.90. The highest BCUT2D eigenvalue weighted by atomic mass is 35.5. The van der Waals surface area contributed by atoms with Crippen molar-refractivity contribution < 1.29 is 14.3 Å². The second-order valence-electron chi connectivity index (χ2n) is 3.46. The number of carbonyl (C=O) groups is 1. The number of carboxylic acid groups (broad SMARTS) is 1. The smallest absolute Gasteiger partial charge is 0.310 e. The lowest BCUT2D eigenvalue weighted by Gasteiger charge is -2.05. The number of hydrogen-bond acceptors (Lipinski definition) is 1. The summed E-state index contributed by atoms with van der Waals surface area (Å²) in [7, 11) is 0. The number of halogens is 2. The fourth-order valence-electron chi connectivity index (χ4n) is 1.57. The van der Waals surface area contributed by atoms with E-state index in [1.165, 1.54) is 12.1 Å². The van der Waals surface area contributed by atoms with Crippen molar-refractivity contribution in [1.82, 2.24) is 0 Å². The van der Waals surface area contributed by atoms with Crippen LogP contribution in [0.3, 0.4) is 0 Å². The van der Waals surface area contributed by atoms with Gasteiger partial charge in [-0.05, 0) is 17.7 Å². The predicted octanol–water partition coefficient (Wildman–Crippen LogP) is 2.61. The Labute approximate surface area is 85.3 Å². The third-order valence-corrected chi connectivity index (χ3v) is 2.77. The summed E-state index contributed by atoms with van der Waals surface area (Å²) >= 11 is 5.64. The van der Waals surface area contributed by atoms with E-state index in [4.69, 9.17) is 16.7 Å². The molecule has 1 N–H and O–H groups in total. The highest BCUT2D eigenvalue weighted by Gasteiger charge is 2.61. The Hall–Kier alpha value is -1.09. The molecule has 0 aliphatic heterocycles. The average Bonchev–Trinajstić information content (AvgIpc) is 2.80. The van der Waals surface area contributed by atoms with E-state index in [-0.39, 0.29) is 6.42 Å². The van der Waals surface area contributed by atoms with Crippen molar-refractivity contribution >= 4 is 17.6 Å². The van der Waals surface area contributed by atoms with Gasteiger partial charge in [0.1, 0.15) is 5.67 Å². The number of alkyl halides is 1. The Kier molecular flexibility index (Phi) is 2.00. The van der Waals surface area contributed by atoms with Gasteiger partial charge in [0.25, 0.3) is 0 Å². The summed E-state index contributed by atoms with van der Waals surface area (Å²) in [5.41, 5.74) is -1.29. The van der Waals surface area contributed by atoms with Crippen LogP contribution in [0.25, 0.3) is 0 Å². The number of carboxylic acids is 1. The lowest BCUT2D eigenvalue weighted by molar-refractivity contribution is -0.139. The van der Waals surface area contributed by atoms with Crippen molar-refractivity contribution in [2.24, 2.45) is 5.92 Å². The van der Waals surface area contributed by atoms with Gasteiger partial charge in [0, 0.05) is 11.4 Å². The van der Waals surface area contributed by atoms with Crippen LogP contribution >= 0.6 is 11.6 Å². The van der Waals surface area contributed by atoms with Crippen molar-refractivity contribution in [3.63, 3.8) is 0 Å². The summed E-state index contributed by atoms with van der Waals surface area (Å²) in [6.07, 6.45) is 0.0595. The zero-order valence-corrected chi connectivity index (χ0v) is 7.96. The molecule has 0 amide bonds. The molecule has 0 aromatic heterocycles. The van der Waals surface area contributed by atoms with Crippen LogP contribution in [-0.4, -0.2) is 11.1 Å². The van der Waals surface area contributed by atoms with Crippen molar-refractivity contribution in [2.75, 3.05) is 0 Å². The van der Waals surface area contributed by atoms with Gasteiger partial charge in [-0.25, -0.2) is 4.39 Å². The van der Waals surface area contributed by atoms with Crippen LogP contribution in [0.2, 0.25) is 5.02 Å². The van der Waals surface area contributed by atoms with E-state index in [0.29, 0.717) is 10.6 Å². The topological polar surface area (TPSA) is 37.3 Å². The molecule has 0 saturated heterocycles. The molecule has 0 heterocycles. The Bertz CT molecular complexity index is 376. The van der Waals surface area contributed by atoms with Crippen LogP contribution in [0, 0.1) is 5.92 Å². The molecule has 0 spiro atoms. The molecule has 74 valence electrons. The van der Waals surface area contributed by atoms with Gasteiger partial charge in [0.05, 0.1) is 5.92 Å².